The van der Waals surface area contributed by atoms with Crippen molar-refractivity contribution in [1.82, 2.24) is 15.1 Å². The highest BCUT2D eigenvalue weighted by Crippen LogP contribution is 2.30. The highest BCUT2D eigenvalue weighted by molar-refractivity contribution is 6.02. The zero-order valence-corrected chi connectivity index (χ0v) is 17.1. The molecule has 160 valence electrons. The van der Waals surface area contributed by atoms with E-state index in [0.717, 1.165) is 30.9 Å². The molecule has 0 aliphatic carbocycles. The van der Waals surface area contributed by atoms with Crippen LogP contribution in [-0.2, 0) is 6.54 Å². The summed E-state index contributed by atoms with van der Waals surface area (Å²) in [6.07, 6.45) is 1.82. The lowest BCUT2D eigenvalue weighted by Gasteiger charge is -2.28. The third-order valence-electron chi connectivity index (χ3n) is 6.07. The number of fused-ring (bicyclic) bond motifs is 1. The standard InChI is InChI=1S/C23H23F2N5O/c1-15-10-28(11-16-2-4-17(24)5-3-16)12-20(15)22-26-21-13-29(14-30(21)23(31)27-22)19-8-6-18(25)7-9-19/h2-9,13,15,20H,10-12,14H2,1H3,(H,26,27,31). The molecule has 3 heterocycles. The molecule has 1 fully saturated rings. The second kappa shape index (κ2) is 7.77. The minimum absolute atomic E-state index is 0.104. The van der Waals surface area contributed by atoms with Crippen molar-refractivity contribution in [3.63, 3.8) is 0 Å². The molecule has 31 heavy (non-hydrogen) atoms. The van der Waals surface area contributed by atoms with E-state index in [2.05, 4.69) is 17.1 Å². The Labute approximate surface area is 179 Å². The number of amidine groups is 1. The zero-order chi connectivity index (χ0) is 21.5. The van der Waals surface area contributed by atoms with Crippen molar-refractivity contribution in [2.75, 3.05) is 24.7 Å². The van der Waals surface area contributed by atoms with E-state index in [1.807, 2.05) is 11.1 Å². The summed E-state index contributed by atoms with van der Waals surface area (Å²) in [5.74, 6) is 1.16. The van der Waals surface area contributed by atoms with Gasteiger partial charge in [-0.2, -0.15) is 0 Å². The Balaban J connectivity index is 1.32. The van der Waals surface area contributed by atoms with Gasteiger partial charge in [0, 0.05) is 37.4 Å². The topological polar surface area (TPSA) is 51.2 Å². The minimum Gasteiger partial charge on any atom is -0.326 e. The van der Waals surface area contributed by atoms with Gasteiger partial charge in [0.15, 0.2) is 5.82 Å². The molecule has 1 N–H and O–H groups in total. The molecule has 2 amide bonds. The maximum atomic E-state index is 13.2. The molecule has 2 aromatic carbocycles. The number of amides is 2. The number of benzene rings is 2. The van der Waals surface area contributed by atoms with Gasteiger partial charge in [-0.3, -0.25) is 15.1 Å². The summed E-state index contributed by atoms with van der Waals surface area (Å²) in [6, 6.07) is 12.5. The Morgan fingerprint density at radius 1 is 1.03 bits per heavy atom. The third-order valence-corrected chi connectivity index (χ3v) is 6.07. The van der Waals surface area contributed by atoms with E-state index in [0.29, 0.717) is 24.2 Å². The quantitative estimate of drug-likeness (QED) is 0.815. The smallest absolute Gasteiger partial charge is 0.326 e. The molecule has 2 atom stereocenters. The van der Waals surface area contributed by atoms with Crippen molar-refractivity contribution in [2.24, 2.45) is 16.8 Å². The molecule has 6 nitrogen and oxygen atoms in total. The lowest BCUT2D eigenvalue weighted by molar-refractivity contribution is 0.216. The van der Waals surface area contributed by atoms with E-state index in [9.17, 15) is 13.6 Å². The molecule has 0 radical (unpaired) electrons. The SMILES string of the molecule is CC1CN(Cc2ccc(F)cc2)CC1C1=NC2=CN(c3ccc(F)cc3)CN2C(=O)N1. The maximum absolute atomic E-state index is 13.2. The summed E-state index contributed by atoms with van der Waals surface area (Å²) in [6.45, 7) is 4.87. The molecular formula is C23H23F2N5O. The maximum Gasteiger partial charge on any atom is 0.329 e. The van der Waals surface area contributed by atoms with Crippen molar-refractivity contribution in [3.05, 3.63) is 77.7 Å². The number of rotatable bonds is 4. The molecule has 3 aliphatic rings. The monoisotopic (exact) mass is 423 g/mol. The lowest BCUT2D eigenvalue weighted by Crippen LogP contribution is -2.49. The summed E-state index contributed by atoms with van der Waals surface area (Å²) in [4.78, 5) is 23.2. The van der Waals surface area contributed by atoms with Crippen molar-refractivity contribution >= 4 is 17.6 Å². The van der Waals surface area contributed by atoms with Gasteiger partial charge < -0.3 is 4.90 Å². The number of urea groups is 1. The molecule has 0 bridgehead atoms. The first-order chi connectivity index (χ1) is 15.0. The summed E-state index contributed by atoms with van der Waals surface area (Å²) >= 11 is 0. The first-order valence-corrected chi connectivity index (χ1v) is 10.3. The van der Waals surface area contributed by atoms with Gasteiger partial charge in [-0.1, -0.05) is 19.1 Å². The number of hydrogen-bond acceptors (Lipinski definition) is 4. The van der Waals surface area contributed by atoms with Gasteiger partial charge in [0.1, 0.15) is 24.1 Å². The molecule has 5 rings (SSSR count). The van der Waals surface area contributed by atoms with E-state index < -0.39 is 0 Å². The second-order valence-electron chi connectivity index (χ2n) is 8.33. The summed E-state index contributed by atoms with van der Waals surface area (Å²) in [7, 11) is 0. The Bertz CT molecular complexity index is 1050. The minimum atomic E-state index is -0.299. The van der Waals surface area contributed by atoms with Crippen LogP contribution in [0, 0.1) is 23.5 Å². The Kier molecular flexibility index (Phi) is 4.94. The number of halogens is 2. The zero-order valence-electron chi connectivity index (χ0n) is 17.1. The Hall–Kier alpha value is -3.26. The van der Waals surface area contributed by atoms with Gasteiger partial charge in [0.2, 0.25) is 0 Å². The van der Waals surface area contributed by atoms with E-state index in [1.165, 1.54) is 24.3 Å². The summed E-state index contributed by atoms with van der Waals surface area (Å²) < 4.78 is 26.4. The van der Waals surface area contributed by atoms with Crippen LogP contribution >= 0.6 is 0 Å². The van der Waals surface area contributed by atoms with Crippen LogP contribution in [0.1, 0.15) is 12.5 Å². The highest BCUT2D eigenvalue weighted by Gasteiger charge is 2.39. The fourth-order valence-corrected chi connectivity index (χ4v) is 4.43. The number of carbonyl (C=O) groups excluding carboxylic acids is 1. The van der Waals surface area contributed by atoms with Crippen LogP contribution < -0.4 is 10.2 Å². The third kappa shape index (κ3) is 3.90. The fourth-order valence-electron chi connectivity index (χ4n) is 4.43. The summed E-state index contributed by atoms with van der Waals surface area (Å²) in [5, 5.41) is 2.97. The molecule has 0 spiro atoms. The predicted octanol–water partition coefficient (Wildman–Crippen LogP) is 3.73. The van der Waals surface area contributed by atoms with Gasteiger partial charge in [0.05, 0.1) is 0 Å². The lowest BCUT2D eigenvalue weighted by atomic mass is 9.96. The number of hydrogen-bond donors (Lipinski definition) is 1. The number of likely N-dealkylation sites (tertiary alicyclic amines) is 1. The van der Waals surface area contributed by atoms with Crippen molar-refractivity contribution in [2.45, 2.75) is 13.5 Å². The van der Waals surface area contributed by atoms with Crippen LogP contribution in [0.3, 0.4) is 0 Å². The molecular weight excluding hydrogens is 400 g/mol. The normalized spacial score (nSPS) is 23.5. The first kappa shape index (κ1) is 19.7. The van der Waals surface area contributed by atoms with E-state index >= 15 is 0 Å². The molecule has 2 unspecified atom stereocenters. The summed E-state index contributed by atoms with van der Waals surface area (Å²) in [5.41, 5.74) is 1.86. The first-order valence-electron chi connectivity index (χ1n) is 10.3. The number of aliphatic imine (C=N–C) groups is 1. The van der Waals surface area contributed by atoms with E-state index in [1.54, 1.807) is 29.2 Å². The van der Waals surface area contributed by atoms with Crippen LogP contribution in [0.5, 0.6) is 0 Å². The Morgan fingerprint density at radius 2 is 1.71 bits per heavy atom. The van der Waals surface area contributed by atoms with E-state index in [-0.39, 0.29) is 23.6 Å². The predicted molar refractivity (Wildman–Crippen MR) is 114 cm³/mol. The molecule has 0 saturated carbocycles. The largest absolute Gasteiger partial charge is 0.329 e. The van der Waals surface area contributed by atoms with Crippen molar-refractivity contribution < 1.29 is 13.6 Å². The Morgan fingerprint density at radius 3 is 2.42 bits per heavy atom. The average molecular weight is 423 g/mol. The average Bonchev–Trinajstić information content (AvgIpc) is 3.34. The van der Waals surface area contributed by atoms with Gasteiger partial charge in [0.25, 0.3) is 0 Å². The van der Waals surface area contributed by atoms with Crippen LogP contribution in [0.25, 0.3) is 0 Å². The van der Waals surface area contributed by atoms with Gasteiger partial charge >= 0.3 is 6.03 Å². The van der Waals surface area contributed by atoms with Crippen LogP contribution in [0.4, 0.5) is 19.3 Å². The van der Waals surface area contributed by atoms with Gasteiger partial charge in [-0.05, 0) is 47.9 Å². The second-order valence-corrected chi connectivity index (χ2v) is 8.33. The van der Waals surface area contributed by atoms with Crippen molar-refractivity contribution in [3.8, 4) is 0 Å². The molecule has 1 saturated heterocycles. The highest BCUT2D eigenvalue weighted by atomic mass is 19.1. The van der Waals surface area contributed by atoms with Gasteiger partial charge in [-0.15, -0.1) is 0 Å². The van der Waals surface area contributed by atoms with Gasteiger partial charge in [-0.25, -0.2) is 18.6 Å². The number of carbonyl (C=O) groups is 1. The van der Waals surface area contributed by atoms with Crippen LogP contribution in [-0.4, -0.2) is 41.4 Å². The fraction of sp³-hybridized carbons (Fsp3) is 0.304. The molecule has 8 heteroatoms. The molecule has 0 aromatic heterocycles. The molecule has 3 aliphatic heterocycles. The number of anilines is 1. The van der Waals surface area contributed by atoms with Crippen LogP contribution in [0.2, 0.25) is 0 Å². The number of nitrogens with one attached hydrogen (secondary N) is 1. The van der Waals surface area contributed by atoms with Crippen LogP contribution in [0.15, 0.2) is 65.5 Å². The molecule has 2 aromatic rings. The van der Waals surface area contributed by atoms with Crippen molar-refractivity contribution in [1.29, 1.82) is 0 Å². The van der Waals surface area contributed by atoms with E-state index in [4.69, 9.17) is 4.99 Å². The number of nitrogens with zero attached hydrogens (tertiary/aromatic N) is 4.